The Balaban J connectivity index is 1.67. The lowest BCUT2D eigenvalue weighted by molar-refractivity contribution is 0.0952. The van der Waals surface area contributed by atoms with E-state index in [0.717, 1.165) is 10.0 Å². The second-order valence-corrected chi connectivity index (χ2v) is 10.4. The van der Waals surface area contributed by atoms with Gasteiger partial charge in [0.25, 0.3) is 5.91 Å². The van der Waals surface area contributed by atoms with Crippen molar-refractivity contribution in [2.24, 2.45) is 5.14 Å². The number of carbonyl (C=O) groups excluding carboxylic acids is 1. The van der Waals surface area contributed by atoms with E-state index in [4.69, 9.17) is 15.0 Å². The van der Waals surface area contributed by atoms with Crippen molar-refractivity contribution >= 4 is 54.5 Å². The maximum absolute atomic E-state index is 13.1. The third kappa shape index (κ3) is 6.98. The number of hydrogen-bond donors (Lipinski definition) is 4. The van der Waals surface area contributed by atoms with E-state index in [2.05, 4.69) is 41.5 Å². The SMILES string of the molecule is NS(=O)(=O)CCNC(=O)c1nc2nc(Nc3ccc(OCCO)cc3)ncc2cc1-c1ccccc1Br. The van der Waals surface area contributed by atoms with Crippen LogP contribution in [0.3, 0.4) is 0 Å². The number of aliphatic hydroxyl groups is 1. The summed E-state index contributed by atoms with van der Waals surface area (Å²) in [5.74, 6) is -0.101. The fraction of sp³-hybridized carbons (Fsp3) is 0.167. The van der Waals surface area contributed by atoms with E-state index >= 15 is 0 Å². The van der Waals surface area contributed by atoms with E-state index in [0.29, 0.717) is 22.4 Å². The van der Waals surface area contributed by atoms with Crippen LogP contribution in [0.5, 0.6) is 5.75 Å². The predicted molar refractivity (Wildman–Crippen MR) is 143 cm³/mol. The van der Waals surface area contributed by atoms with Crippen LogP contribution in [-0.4, -0.2) is 59.9 Å². The van der Waals surface area contributed by atoms with Gasteiger partial charge >= 0.3 is 0 Å². The van der Waals surface area contributed by atoms with Crippen LogP contribution in [0.4, 0.5) is 11.6 Å². The molecule has 2 aromatic heterocycles. The predicted octanol–water partition coefficient (Wildman–Crippen LogP) is 2.59. The van der Waals surface area contributed by atoms with Crippen molar-refractivity contribution in [2.45, 2.75) is 0 Å². The standard InChI is InChI=1S/C24H23BrN6O5S/c25-20-4-2-1-3-18(20)19-13-15-14-28-24(29-16-5-7-17(8-6-16)36-11-10-32)31-22(15)30-21(19)23(33)27-9-12-37(26,34)35/h1-8,13-14,32H,9-12H2,(H,27,33)(H2,26,34,35)(H,28,29,30,31). The summed E-state index contributed by atoms with van der Waals surface area (Å²) in [5, 5.41) is 20.2. The van der Waals surface area contributed by atoms with Crippen LogP contribution in [0.1, 0.15) is 10.5 Å². The molecule has 2 heterocycles. The van der Waals surface area contributed by atoms with Gasteiger partial charge < -0.3 is 20.5 Å². The molecule has 0 unspecified atom stereocenters. The van der Waals surface area contributed by atoms with Gasteiger partial charge in [-0.25, -0.2) is 23.5 Å². The van der Waals surface area contributed by atoms with Crippen LogP contribution in [0.2, 0.25) is 0 Å². The van der Waals surface area contributed by atoms with Crippen LogP contribution >= 0.6 is 15.9 Å². The summed E-state index contributed by atoms with van der Waals surface area (Å²) in [6.45, 7) is -0.0416. The highest BCUT2D eigenvalue weighted by Gasteiger charge is 2.19. The molecule has 0 fully saturated rings. The van der Waals surface area contributed by atoms with Gasteiger partial charge in [0.05, 0.1) is 12.4 Å². The van der Waals surface area contributed by atoms with Gasteiger partial charge in [-0.2, -0.15) is 4.98 Å². The maximum Gasteiger partial charge on any atom is 0.270 e. The molecule has 2 aromatic carbocycles. The Bertz CT molecular complexity index is 1530. The maximum atomic E-state index is 13.1. The number of pyridine rings is 1. The first-order valence-corrected chi connectivity index (χ1v) is 13.6. The molecule has 0 spiro atoms. The van der Waals surface area contributed by atoms with Gasteiger partial charge in [0.1, 0.15) is 18.1 Å². The fourth-order valence-corrected chi connectivity index (χ4v) is 4.28. The average molecular weight is 587 g/mol. The lowest BCUT2D eigenvalue weighted by Crippen LogP contribution is -2.32. The summed E-state index contributed by atoms with van der Waals surface area (Å²) in [4.78, 5) is 26.4. The molecular formula is C24H23BrN6O5S. The Labute approximate surface area is 221 Å². The van der Waals surface area contributed by atoms with E-state index < -0.39 is 21.7 Å². The number of rotatable bonds is 10. The first kappa shape index (κ1) is 26.4. The number of carbonyl (C=O) groups is 1. The number of aromatic nitrogens is 3. The van der Waals surface area contributed by atoms with Gasteiger partial charge in [-0.05, 0) is 42.0 Å². The van der Waals surface area contributed by atoms with Gasteiger partial charge in [0, 0.05) is 33.9 Å². The van der Waals surface area contributed by atoms with Crippen LogP contribution in [-0.2, 0) is 10.0 Å². The molecule has 37 heavy (non-hydrogen) atoms. The molecule has 1 amide bonds. The number of anilines is 2. The van der Waals surface area contributed by atoms with Gasteiger partial charge in [-0.15, -0.1) is 0 Å². The Kier molecular flexibility index (Phi) is 8.28. The van der Waals surface area contributed by atoms with E-state index in [9.17, 15) is 13.2 Å². The molecule has 0 saturated carbocycles. The topological polar surface area (TPSA) is 169 Å². The highest BCUT2D eigenvalue weighted by Crippen LogP contribution is 2.32. The van der Waals surface area contributed by atoms with Gasteiger partial charge in [-0.3, -0.25) is 4.79 Å². The Morgan fingerprint density at radius 1 is 1.08 bits per heavy atom. The van der Waals surface area contributed by atoms with Crippen LogP contribution in [0.15, 0.2) is 65.3 Å². The number of nitrogens with one attached hydrogen (secondary N) is 2. The summed E-state index contributed by atoms with van der Waals surface area (Å²) < 4.78 is 28.7. The van der Waals surface area contributed by atoms with Crippen molar-refractivity contribution in [2.75, 3.05) is 30.8 Å². The van der Waals surface area contributed by atoms with Gasteiger partial charge in [0.15, 0.2) is 5.65 Å². The number of benzene rings is 2. The summed E-state index contributed by atoms with van der Waals surface area (Å²) in [6.07, 6.45) is 1.60. The lowest BCUT2D eigenvalue weighted by atomic mass is 10.0. The minimum Gasteiger partial charge on any atom is -0.491 e. The molecule has 13 heteroatoms. The van der Waals surface area contributed by atoms with Crippen LogP contribution in [0, 0.1) is 0 Å². The fourth-order valence-electron chi connectivity index (χ4n) is 3.40. The molecule has 5 N–H and O–H groups in total. The third-order valence-electron chi connectivity index (χ3n) is 5.09. The molecular weight excluding hydrogens is 564 g/mol. The Morgan fingerprint density at radius 3 is 2.54 bits per heavy atom. The quantitative estimate of drug-likeness (QED) is 0.218. The second kappa shape index (κ2) is 11.6. The summed E-state index contributed by atoms with van der Waals surface area (Å²) in [7, 11) is -3.74. The van der Waals surface area contributed by atoms with Crippen molar-refractivity contribution in [3.63, 3.8) is 0 Å². The number of fused-ring (bicyclic) bond motifs is 1. The van der Waals surface area contributed by atoms with Crippen LogP contribution in [0.25, 0.3) is 22.2 Å². The Hall–Kier alpha value is -3.65. The van der Waals surface area contributed by atoms with Gasteiger partial charge in [0.2, 0.25) is 16.0 Å². The molecule has 192 valence electrons. The zero-order valence-corrected chi connectivity index (χ0v) is 21.8. The molecule has 0 saturated heterocycles. The first-order chi connectivity index (χ1) is 17.7. The molecule has 0 atom stereocenters. The molecule has 0 aliphatic rings. The zero-order chi connectivity index (χ0) is 26.4. The van der Waals surface area contributed by atoms with Crippen molar-refractivity contribution in [1.82, 2.24) is 20.3 Å². The number of halogens is 1. The minimum absolute atomic E-state index is 0.0730. The Morgan fingerprint density at radius 2 is 1.84 bits per heavy atom. The van der Waals surface area contributed by atoms with Crippen molar-refractivity contribution in [1.29, 1.82) is 0 Å². The van der Waals surface area contributed by atoms with E-state index in [-0.39, 0.29) is 37.0 Å². The average Bonchev–Trinajstić information content (AvgIpc) is 2.87. The number of ether oxygens (including phenoxy) is 1. The van der Waals surface area contributed by atoms with Crippen molar-refractivity contribution < 1.29 is 23.1 Å². The first-order valence-electron chi connectivity index (χ1n) is 11.1. The number of primary sulfonamides is 1. The van der Waals surface area contributed by atoms with Crippen LogP contribution < -0.4 is 20.5 Å². The molecule has 0 bridgehead atoms. The van der Waals surface area contributed by atoms with Crippen molar-refractivity contribution in [3.05, 3.63) is 71.0 Å². The molecule has 4 rings (SSSR count). The normalized spacial score (nSPS) is 11.3. The number of nitrogens with two attached hydrogens (primary N) is 1. The van der Waals surface area contributed by atoms with E-state index in [1.165, 1.54) is 0 Å². The van der Waals surface area contributed by atoms with Gasteiger partial charge in [-0.1, -0.05) is 34.1 Å². The third-order valence-corrected chi connectivity index (χ3v) is 6.55. The summed E-state index contributed by atoms with van der Waals surface area (Å²) in [6, 6.07) is 16.1. The number of sulfonamides is 1. The number of amides is 1. The monoisotopic (exact) mass is 586 g/mol. The largest absolute Gasteiger partial charge is 0.491 e. The highest BCUT2D eigenvalue weighted by molar-refractivity contribution is 9.10. The molecule has 0 radical (unpaired) electrons. The molecule has 4 aromatic rings. The second-order valence-electron chi connectivity index (χ2n) is 7.82. The highest BCUT2D eigenvalue weighted by atomic mass is 79.9. The van der Waals surface area contributed by atoms with Crippen molar-refractivity contribution in [3.8, 4) is 16.9 Å². The minimum atomic E-state index is -3.74. The van der Waals surface area contributed by atoms with E-state index in [1.54, 1.807) is 36.5 Å². The number of nitrogens with zero attached hydrogens (tertiary/aromatic N) is 3. The molecule has 0 aliphatic heterocycles. The summed E-state index contributed by atoms with van der Waals surface area (Å²) >= 11 is 3.51. The smallest absolute Gasteiger partial charge is 0.270 e. The summed E-state index contributed by atoms with van der Waals surface area (Å²) in [5.41, 5.74) is 2.29. The molecule has 0 aliphatic carbocycles. The number of hydrogen-bond acceptors (Lipinski definition) is 9. The zero-order valence-electron chi connectivity index (χ0n) is 19.4. The molecule has 11 nitrogen and oxygen atoms in total. The lowest BCUT2D eigenvalue weighted by Gasteiger charge is -2.13. The number of aliphatic hydroxyl groups excluding tert-OH is 1. The van der Waals surface area contributed by atoms with E-state index in [1.807, 2.05) is 24.3 Å².